The highest BCUT2D eigenvalue weighted by Crippen LogP contribution is 2.24. The zero-order chi connectivity index (χ0) is 17.9. The highest BCUT2D eigenvalue weighted by Gasteiger charge is 2.08. The molecule has 0 aliphatic heterocycles. The lowest BCUT2D eigenvalue weighted by atomic mass is 10.1. The van der Waals surface area contributed by atoms with Gasteiger partial charge in [0.15, 0.2) is 0 Å². The third-order valence-electron chi connectivity index (χ3n) is 4.51. The summed E-state index contributed by atoms with van der Waals surface area (Å²) in [7, 11) is 2.03. The lowest BCUT2D eigenvalue weighted by molar-refractivity contribution is 0.191. The fourth-order valence-electron chi connectivity index (χ4n) is 3.05. The molecular formula is C21H20N4O. The Kier molecular flexibility index (Phi) is 4.37. The Bertz CT molecular complexity index is 1030. The fraction of sp³-hybridized carbons (Fsp3) is 0.143. The largest absolute Gasteiger partial charge is 0.387 e. The summed E-state index contributed by atoms with van der Waals surface area (Å²) in [6.07, 6.45) is 3.00. The third-order valence-corrected chi connectivity index (χ3v) is 4.51. The van der Waals surface area contributed by atoms with E-state index in [0.717, 1.165) is 16.8 Å². The van der Waals surface area contributed by atoms with Gasteiger partial charge < -0.3 is 15.0 Å². The number of nitrogens with zero attached hydrogens (tertiary/aromatic N) is 3. The minimum atomic E-state index is -0.588. The van der Waals surface area contributed by atoms with Crippen molar-refractivity contribution in [3.05, 3.63) is 78.8 Å². The van der Waals surface area contributed by atoms with Crippen molar-refractivity contribution < 1.29 is 5.11 Å². The van der Waals surface area contributed by atoms with Gasteiger partial charge in [-0.15, -0.1) is 0 Å². The highest BCUT2D eigenvalue weighted by atomic mass is 16.3. The minimum absolute atomic E-state index is 0.387. The molecule has 130 valence electrons. The monoisotopic (exact) mass is 344 g/mol. The number of anilines is 1. The Hall–Kier alpha value is -3.18. The van der Waals surface area contributed by atoms with Crippen molar-refractivity contribution in [1.29, 1.82) is 0 Å². The van der Waals surface area contributed by atoms with Crippen LogP contribution in [0.2, 0.25) is 0 Å². The van der Waals surface area contributed by atoms with Crippen LogP contribution in [0, 0.1) is 0 Å². The lowest BCUT2D eigenvalue weighted by Gasteiger charge is -2.13. The lowest BCUT2D eigenvalue weighted by Crippen LogP contribution is -2.13. The van der Waals surface area contributed by atoms with E-state index in [2.05, 4.69) is 44.1 Å². The Morgan fingerprint density at radius 1 is 1.04 bits per heavy atom. The second-order valence-corrected chi connectivity index (χ2v) is 6.30. The summed E-state index contributed by atoms with van der Waals surface area (Å²) in [4.78, 5) is 8.65. The molecule has 0 amide bonds. The van der Waals surface area contributed by atoms with E-state index in [1.807, 2.05) is 49.6 Å². The number of aliphatic hydroxyl groups is 1. The Labute approximate surface area is 152 Å². The molecule has 2 heterocycles. The van der Waals surface area contributed by atoms with Crippen LogP contribution in [0.15, 0.2) is 73.2 Å². The van der Waals surface area contributed by atoms with Crippen molar-refractivity contribution in [3.63, 3.8) is 0 Å². The van der Waals surface area contributed by atoms with E-state index in [1.54, 1.807) is 6.33 Å². The summed E-state index contributed by atoms with van der Waals surface area (Å²) in [5.41, 5.74) is 3.95. The number of aryl methyl sites for hydroxylation is 1. The summed E-state index contributed by atoms with van der Waals surface area (Å²) in [6.45, 7) is 0.387. The van der Waals surface area contributed by atoms with Crippen molar-refractivity contribution in [2.45, 2.75) is 6.10 Å². The molecular weight excluding hydrogens is 324 g/mol. The Balaban J connectivity index is 1.52. The van der Waals surface area contributed by atoms with Gasteiger partial charge in [-0.1, -0.05) is 36.4 Å². The Morgan fingerprint density at radius 3 is 2.73 bits per heavy atom. The number of nitrogens with one attached hydrogen (secondary N) is 1. The van der Waals surface area contributed by atoms with Crippen molar-refractivity contribution >= 4 is 16.7 Å². The molecule has 0 spiro atoms. The number of aromatic nitrogens is 3. The number of aliphatic hydroxyl groups excluding tert-OH is 1. The first-order valence-corrected chi connectivity index (χ1v) is 8.55. The maximum atomic E-state index is 10.3. The standard InChI is InChI=1S/C21H20N4O/c1-25-10-9-17-11-16(7-8-19(17)25)18-12-21(24-14-23-18)22-13-20(26)15-5-3-2-4-6-15/h2-12,14,20,26H,13H2,1H3,(H,22,23,24)/t20-/m0/s1. The van der Waals surface area contributed by atoms with Gasteiger partial charge in [-0.2, -0.15) is 0 Å². The van der Waals surface area contributed by atoms with E-state index in [9.17, 15) is 5.11 Å². The summed E-state index contributed by atoms with van der Waals surface area (Å²) in [6, 6.07) is 19.9. The van der Waals surface area contributed by atoms with E-state index >= 15 is 0 Å². The van der Waals surface area contributed by atoms with Crippen molar-refractivity contribution in [1.82, 2.24) is 14.5 Å². The molecule has 5 nitrogen and oxygen atoms in total. The summed E-state index contributed by atoms with van der Waals surface area (Å²) >= 11 is 0. The van der Waals surface area contributed by atoms with E-state index < -0.39 is 6.10 Å². The first-order chi connectivity index (χ1) is 12.7. The summed E-state index contributed by atoms with van der Waals surface area (Å²) in [5.74, 6) is 0.693. The highest BCUT2D eigenvalue weighted by molar-refractivity contribution is 5.85. The topological polar surface area (TPSA) is 63.0 Å². The minimum Gasteiger partial charge on any atom is -0.387 e. The molecule has 2 aromatic carbocycles. The second kappa shape index (κ2) is 6.98. The zero-order valence-electron chi connectivity index (χ0n) is 14.5. The van der Waals surface area contributed by atoms with Crippen LogP contribution >= 0.6 is 0 Å². The van der Waals surface area contributed by atoms with Gasteiger partial charge in [-0.3, -0.25) is 0 Å². The smallest absolute Gasteiger partial charge is 0.130 e. The zero-order valence-corrected chi connectivity index (χ0v) is 14.5. The Morgan fingerprint density at radius 2 is 1.88 bits per heavy atom. The molecule has 0 bridgehead atoms. The maximum absolute atomic E-state index is 10.3. The molecule has 0 unspecified atom stereocenters. The second-order valence-electron chi connectivity index (χ2n) is 6.30. The molecule has 1 atom stereocenters. The fourth-order valence-corrected chi connectivity index (χ4v) is 3.05. The SMILES string of the molecule is Cn1ccc2cc(-c3cc(NC[C@H](O)c4ccccc4)ncn3)ccc21. The molecule has 0 saturated heterocycles. The van der Waals surface area contributed by atoms with E-state index in [0.29, 0.717) is 12.4 Å². The van der Waals surface area contributed by atoms with Crippen molar-refractivity contribution in [2.75, 3.05) is 11.9 Å². The van der Waals surface area contributed by atoms with Crippen LogP contribution in [-0.2, 0) is 7.05 Å². The van der Waals surface area contributed by atoms with Crippen LogP contribution in [0.4, 0.5) is 5.82 Å². The van der Waals surface area contributed by atoms with Gasteiger partial charge in [0, 0.05) is 42.3 Å². The van der Waals surface area contributed by atoms with Gasteiger partial charge in [-0.25, -0.2) is 9.97 Å². The van der Waals surface area contributed by atoms with Gasteiger partial charge in [0.05, 0.1) is 11.8 Å². The van der Waals surface area contributed by atoms with E-state index in [4.69, 9.17) is 0 Å². The molecule has 2 N–H and O–H groups in total. The summed E-state index contributed by atoms with van der Waals surface area (Å²) < 4.78 is 2.09. The quantitative estimate of drug-likeness (QED) is 0.578. The first-order valence-electron chi connectivity index (χ1n) is 8.55. The van der Waals surface area contributed by atoms with Gasteiger partial charge >= 0.3 is 0 Å². The third kappa shape index (κ3) is 3.30. The van der Waals surface area contributed by atoms with Crippen molar-refractivity contribution in [2.24, 2.45) is 7.05 Å². The predicted octanol–water partition coefficient (Wildman–Crippen LogP) is 3.78. The van der Waals surface area contributed by atoms with Gasteiger partial charge in [0.2, 0.25) is 0 Å². The van der Waals surface area contributed by atoms with Crippen LogP contribution in [-0.4, -0.2) is 26.2 Å². The van der Waals surface area contributed by atoms with E-state index in [-0.39, 0.29) is 0 Å². The van der Waals surface area contributed by atoms with Crippen LogP contribution in [0.1, 0.15) is 11.7 Å². The predicted molar refractivity (Wildman–Crippen MR) is 104 cm³/mol. The van der Waals surface area contributed by atoms with Crippen LogP contribution in [0.5, 0.6) is 0 Å². The number of hydrogen-bond acceptors (Lipinski definition) is 4. The number of fused-ring (bicyclic) bond motifs is 1. The normalized spacial score (nSPS) is 12.2. The van der Waals surface area contributed by atoms with E-state index in [1.165, 1.54) is 10.9 Å². The molecule has 4 aromatic rings. The van der Waals surface area contributed by atoms with Crippen LogP contribution < -0.4 is 5.32 Å². The van der Waals surface area contributed by atoms with Crippen LogP contribution in [0.25, 0.3) is 22.2 Å². The number of rotatable bonds is 5. The van der Waals surface area contributed by atoms with Gasteiger partial charge in [0.1, 0.15) is 12.1 Å². The molecule has 0 fully saturated rings. The molecule has 26 heavy (non-hydrogen) atoms. The molecule has 2 aromatic heterocycles. The maximum Gasteiger partial charge on any atom is 0.130 e. The molecule has 4 rings (SSSR count). The summed E-state index contributed by atoms with van der Waals surface area (Å²) in [5, 5.41) is 14.6. The average molecular weight is 344 g/mol. The van der Waals surface area contributed by atoms with Gasteiger partial charge in [0.25, 0.3) is 0 Å². The average Bonchev–Trinajstić information content (AvgIpc) is 3.07. The molecule has 0 aliphatic carbocycles. The molecule has 5 heteroatoms. The number of benzene rings is 2. The van der Waals surface area contributed by atoms with Crippen molar-refractivity contribution in [3.8, 4) is 11.3 Å². The molecule has 0 saturated carbocycles. The first kappa shape index (κ1) is 16.3. The van der Waals surface area contributed by atoms with Crippen LogP contribution in [0.3, 0.4) is 0 Å². The molecule has 0 aliphatic rings. The molecule has 0 radical (unpaired) electrons. The van der Waals surface area contributed by atoms with Gasteiger partial charge in [-0.05, 0) is 23.8 Å². The number of hydrogen-bond donors (Lipinski definition) is 2.